The molecule has 0 spiro atoms. The number of benzene rings is 1. The minimum atomic E-state index is 0.176. The molecule has 0 N–H and O–H groups in total. The largest absolute Gasteiger partial charge is 0.335 e. The predicted molar refractivity (Wildman–Crippen MR) is 94.7 cm³/mol. The Balaban J connectivity index is 1.60. The van der Waals surface area contributed by atoms with Crippen molar-refractivity contribution >= 4 is 29.3 Å². The van der Waals surface area contributed by atoms with Crippen LogP contribution in [0.15, 0.2) is 47.6 Å². The molecule has 1 heterocycles. The maximum absolute atomic E-state index is 12.6. The Morgan fingerprint density at radius 2 is 2.00 bits per heavy atom. The molecule has 0 aliphatic heterocycles. The second-order valence-corrected chi connectivity index (χ2v) is 7.27. The van der Waals surface area contributed by atoms with Gasteiger partial charge in [-0.3, -0.25) is 4.79 Å². The Kier molecular flexibility index (Phi) is 5.23. The normalized spacial score (nSPS) is 13.8. The molecule has 1 saturated carbocycles. The summed E-state index contributed by atoms with van der Waals surface area (Å²) in [4.78, 5) is 18.8. The standard InChI is InChI=1S/C18H19ClN2OS/c1-13-2-4-14(5-3-13)11-21(16-7-8-16)18(22)12-23-17-9-6-15(19)10-20-17/h2-6,9-10,16H,7-8,11-12H2,1H3. The average Bonchev–Trinajstić information content (AvgIpc) is 3.38. The molecule has 1 aliphatic carbocycles. The lowest BCUT2D eigenvalue weighted by Gasteiger charge is -2.22. The molecule has 1 aromatic carbocycles. The molecule has 120 valence electrons. The smallest absolute Gasteiger partial charge is 0.233 e. The van der Waals surface area contributed by atoms with Crippen LogP contribution in [0.25, 0.3) is 0 Å². The van der Waals surface area contributed by atoms with Crippen LogP contribution in [0.4, 0.5) is 0 Å². The summed E-state index contributed by atoms with van der Waals surface area (Å²) in [7, 11) is 0. The van der Waals surface area contributed by atoms with Crippen LogP contribution in [0, 0.1) is 6.92 Å². The first-order valence-electron chi connectivity index (χ1n) is 7.71. The fourth-order valence-corrected chi connectivity index (χ4v) is 3.20. The van der Waals surface area contributed by atoms with Gasteiger partial charge in [-0.15, -0.1) is 0 Å². The van der Waals surface area contributed by atoms with Crippen LogP contribution in [-0.2, 0) is 11.3 Å². The number of aromatic nitrogens is 1. The molecule has 0 radical (unpaired) electrons. The minimum absolute atomic E-state index is 0.176. The molecule has 5 heteroatoms. The first-order chi connectivity index (χ1) is 11.1. The highest BCUT2D eigenvalue weighted by atomic mass is 35.5. The van der Waals surface area contributed by atoms with Gasteiger partial charge >= 0.3 is 0 Å². The molecule has 3 rings (SSSR count). The number of aryl methyl sites for hydroxylation is 1. The highest BCUT2D eigenvalue weighted by molar-refractivity contribution is 7.99. The van der Waals surface area contributed by atoms with Gasteiger partial charge < -0.3 is 4.90 Å². The van der Waals surface area contributed by atoms with E-state index < -0.39 is 0 Å². The van der Waals surface area contributed by atoms with Gasteiger partial charge in [0.05, 0.1) is 15.8 Å². The zero-order chi connectivity index (χ0) is 16.2. The molecule has 2 aromatic rings. The van der Waals surface area contributed by atoms with Gasteiger partial charge in [-0.1, -0.05) is 53.2 Å². The topological polar surface area (TPSA) is 33.2 Å². The van der Waals surface area contributed by atoms with Crippen molar-refractivity contribution in [1.29, 1.82) is 0 Å². The van der Waals surface area contributed by atoms with Crippen LogP contribution >= 0.6 is 23.4 Å². The Bertz CT molecular complexity index is 668. The maximum Gasteiger partial charge on any atom is 0.233 e. The number of carbonyl (C=O) groups excluding carboxylic acids is 1. The zero-order valence-electron chi connectivity index (χ0n) is 13.0. The number of hydrogen-bond donors (Lipinski definition) is 0. The van der Waals surface area contributed by atoms with Crippen molar-refractivity contribution in [1.82, 2.24) is 9.88 Å². The first-order valence-corrected chi connectivity index (χ1v) is 9.07. The van der Waals surface area contributed by atoms with Gasteiger partial charge in [0.1, 0.15) is 0 Å². The van der Waals surface area contributed by atoms with E-state index in [0.29, 0.717) is 23.4 Å². The second kappa shape index (κ2) is 7.37. The SMILES string of the molecule is Cc1ccc(CN(C(=O)CSc2ccc(Cl)cn2)C2CC2)cc1. The second-order valence-electron chi connectivity index (χ2n) is 5.84. The summed E-state index contributed by atoms with van der Waals surface area (Å²) < 4.78 is 0. The molecule has 0 unspecified atom stereocenters. The van der Waals surface area contributed by atoms with Gasteiger partial charge in [0.15, 0.2) is 0 Å². The van der Waals surface area contributed by atoms with E-state index in [-0.39, 0.29) is 5.91 Å². The Hall–Kier alpha value is -1.52. The highest BCUT2D eigenvalue weighted by Gasteiger charge is 2.32. The number of amides is 1. The summed E-state index contributed by atoms with van der Waals surface area (Å²) in [6.45, 7) is 2.77. The molecular formula is C18H19ClN2OS. The van der Waals surface area contributed by atoms with Gasteiger partial charge in [0.25, 0.3) is 0 Å². The van der Waals surface area contributed by atoms with Crippen LogP contribution < -0.4 is 0 Å². The summed E-state index contributed by atoms with van der Waals surface area (Å²) in [6, 6.07) is 12.4. The molecule has 1 fully saturated rings. The number of rotatable bonds is 6. The number of thioether (sulfide) groups is 1. The summed E-state index contributed by atoms with van der Waals surface area (Å²) in [5, 5.41) is 1.44. The Morgan fingerprint density at radius 3 is 2.61 bits per heavy atom. The predicted octanol–water partition coefficient (Wildman–Crippen LogP) is 4.33. The van der Waals surface area contributed by atoms with Gasteiger partial charge in [-0.25, -0.2) is 4.98 Å². The molecule has 3 nitrogen and oxygen atoms in total. The van der Waals surface area contributed by atoms with Crippen LogP contribution in [0.5, 0.6) is 0 Å². The Labute approximate surface area is 146 Å². The van der Waals surface area contributed by atoms with Gasteiger partial charge in [0, 0.05) is 18.8 Å². The van der Waals surface area contributed by atoms with Crippen molar-refractivity contribution in [3.05, 3.63) is 58.7 Å². The van der Waals surface area contributed by atoms with Crippen molar-refractivity contribution < 1.29 is 4.79 Å². The fourth-order valence-electron chi connectivity index (χ4n) is 2.36. The third kappa shape index (κ3) is 4.72. The van der Waals surface area contributed by atoms with E-state index in [9.17, 15) is 4.79 Å². The molecule has 23 heavy (non-hydrogen) atoms. The Morgan fingerprint density at radius 1 is 1.26 bits per heavy atom. The molecule has 0 bridgehead atoms. The molecule has 1 aromatic heterocycles. The average molecular weight is 347 g/mol. The van der Waals surface area contributed by atoms with E-state index in [1.54, 1.807) is 12.3 Å². The van der Waals surface area contributed by atoms with Crippen LogP contribution in [0.3, 0.4) is 0 Å². The van der Waals surface area contributed by atoms with Crippen molar-refractivity contribution in [3.8, 4) is 0 Å². The number of halogens is 1. The molecule has 0 atom stereocenters. The molecule has 0 saturated heterocycles. The maximum atomic E-state index is 12.6. The third-order valence-corrected chi connectivity index (χ3v) is 4.98. The van der Waals surface area contributed by atoms with E-state index in [1.165, 1.54) is 22.9 Å². The number of carbonyl (C=O) groups is 1. The molecule has 1 amide bonds. The molecular weight excluding hydrogens is 328 g/mol. The first kappa shape index (κ1) is 16.3. The van der Waals surface area contributed by atoms with E-state index >= 15 is 0 Å². The fraction of sp³-hybridized carbons (Fsp3) is 0.333. The summed E-state index contributed by atoms with van der Waals surface area (Å²) >= 11 is 7.29. The minimum Gasteiger partial charge on any atom is -0.335 e. The monoisotopic (exact) mass is 346 g/mol. The highest BCUT2D eigenvalue weighted by Crippen LogP contribution is 2.29. The van der Waals surface area contributed by atoms with Crippen LogP contribution in [-0.4, -0.2) is 27.6 Å². The lowest BCUT2D eigenvalue weighted by molar-refractivity contribution is -0.129. The van der Waals surface area contributed by atoms with Gasteiger partial charge in [-0.2, -0.15) is 0 Å². The van der Waals surface area contributed by atoms with Crippen molar-refractivity contribution in [3.63, 3.8) is 0 Å². The van der Waals surface area contributed by atoms with E-state index in [2.05, 4.69) is 36.2 Å². The summed E-state index contributed by atoms with van der Waals surface area (Å²) in [5.74, 6) is 0.589. The lowest BCUT2D eigenvalue weighted by Crippen LogP contribution is -2.33. The summed E-state index contributed by atoms with van der Waals surface area (Å²) in [6.07, 6.45) is 3.84. The van der Waals surface area contributed by atoms with Crippen molar-refractivity contribution in [2.24, 2.45) is 0 Å². The van der Waals surface area contributed by atoms with Gasteiger partial charge in [0.2, 0.25) is 5.91 Å². The van der Waals surface area contributed by atoms with Crippen LogP contribution in [0.1, 0.15) is 24.0 Å². The number of nitrogens with zero attached hydrogens (tertiary/aromatic N) is 2. The van der Waals surface area contributed by atoms with Crippen molar-refractivity contribution in [2.45, 2.75) is 37.4 Å². The van der Waals surface area contributed by atoms with Crippen molar-refractivity contribution in [2.75, 3.05) is 5.75 Å². The number of hydrogen-bond acceptors (Lipinski definition) is 3. The van der Waals surface area contributed by atoms with Gasteiger partial charge in [-0.05, 0) is 37.5 Å². The number of pyridine rings is 1. The molecule has 1 aliphatic rings. The van der Waals surface area contributed by atoms with E-state index in [0.717, 1.165) is 17.9 Å². The third-order valence-electron chi connectivity index (χ3n) is 3.83. The van der Waals surface area contributed by atoms with E-state index in [4.69, 9.17) is 11.6 Å². The van der Waals surface area contributed by atoms with E-state index in [1.807, 2.05) is 11.0 Å². The zero-order valence-corrected chi connectivity index (χ0v) is 14.6. The lowest BCUT2D eigenvalue weighted by atomic mass is 10.1. The summed E-state index contributed by atoms with van der Waals surface area (Å²) in [5.41, 5.74) is 2.42. The quantitative estimate of drug-likeness (QED) is 0.730. The van der Waals surface area contributed by atoms with Crippen LogP contribution in [0.2, 0.25) is 5.02 Å².